The van der Waals surface area contributed by atoms with E-state index in [1.54, 1.807) is 33.5 Å². The van der Waals surface area contributed by atoms with Gasteiger partial charge in [-0.3, -0.25) is 4.79 Å². The van der Waals surface area contributed by atoms with Gasteiger partial charge in [0.1, 0.15) is 11.9 Å². The fourth-order valence-corrected chi connectivity index (χ4v) is 5.25. The number of Topliss-reactive ketones (excluding diaryl/α,β-unsaturated/α-hetero) is 1. The van der Waals surface area contributed by atoms with Crippen LogP contribution in [-0.2, 0) is 25.5 Å². The molecule has 3 aromatic rings. The zero-order valence-corrected chi connectivity index (χ0v) is 24.2. The number of hydrogen-bond donors (Lipinski definition) is 3. The van der Waals surface area contributed by atoms with Gasteiger partial charge in [-0.2, -0.15) is 4.98 Å². The minimum atomic E-state index is -0.800. The average Bonchev–Trinajstić information content (AvgIpc) is 3.55. The quantitative estimate of drug-likeness (QED) is 0.263. The number of anilines is 3. The number of esters is 1. The second kappa shape index (κ2) is 12.8. The highest BCUT2D eigenvalue weighted by Gasteiger charge is 2.39. The van der Waals surface area contributed by atoms with Crippen LogP contribution in [-0.4, -0.2) is 55.3 Å². The Morgan fingerprint density at radius 3 is 2.67 bits per heavy atom. The molecular weight excluding hydrogens is 550 g/mol. The van der Waals surface area contributed by atoms with Gasteiger partial charge in [0.15, 0.2) is 17.3 Å². The third kappa shape index (κ3) is 6.24. The first-order chi connectivity index (χ1) is 20.8. The molecule has 0 spiro atoms. The SMILES string of the molecule is CCOC(=O)C1=CNc2cc(C#Cc3cc(Cc4cnc(N)nc4N)cc(OC)c3OC)ccc2C1C(=O)C1CCCO1. The highest BCUT2D eigenvalue weighted by Crippen LogP contribution is 2.39. The van der Waals surface area contributed by atoms with Crippen molar-refractivity contribution >= 4 is 29.2 Å². The first-order valence-corrected chi connectivity index (χ1v) is 13.9. The molecule has 1 aromatic heterocycles. The van der Waals surface area contributed by atoms with Crippen molar-refractivity contribution in [3.05, 3.63) is 76.1 Å². The summed E-state index contributed by atoms with van der Waals surface area (Å²) in [7, 11) is 3.11. The van der Waals surface area contributed by atoms with E-state index in [1.165, 1.54) is 0 Å². The van der Waals surface area contributed by atoms with Gasteiger partial charge in [0.05, 0.1) is 37.9 Å². The smallest absolute Gasteiger partial charge is 0.336 e. The molecule has 222 valence electrons. The first kappa shape index (κ1) is 29.4. The molecule has 3 heterocycles. The number of fused-ring (bicyclic) bond motifs is 1. The predicted octanol–water partition coefficient (Wildman–Crippen LogP) is 3.35. The zero-order chi connectivity index (χ0) is 30.5. The van der Waals surface area contributed by atoms with Crippen LogP contribution in [0.15, 0.2) is 48.3 Å². The van der Waals surface area contributed by atoms with Crippen molar-refractivity contribution in [1.82, 2.24) is 9.97 Å². The van der Waals surface area contributed by atoms with E-state index in [4.69, 9.17) is 30.4 Å². The van der Waals surface area contributed by atoms with Gasteiger partial charge in [0.25, 0.3) is 0 Å². The maximum absolute atomic E-state index is 13.5. The van der Waals surface area contributed by atoms with E-state index in [2.05, 4.69) is 27.1 Å². The number of benzene rings is 2. The van der Waals surface area contributed by atoms with Crippen LogP contribution in [0.2, 0.25) is 0 Å². The van der Waals surface area contributed by atoms with Crippen LogP contribution in [0.5, 0.6) is 11.5 Å². The number of nitrogens with one attached hydrogen (secondary N) is 1. The zero-order valence-electron chi connectivity index (χ0n) is 24.2. The molecule has 11 nitrogen and oxygen atoms in total. The van der Waals surface area contributed by atoms with Crippen molar-refractivity contribution in [3.63, 3.8) is 0 Å². The third-order valence-corrected chi connectivity index (χ3v) is 7.29. The van der Waals surface area contributed by atoms with E-state index in [9.17, 15) is 9.59 Å². The van der Waals surface area contributed by atoms with Crippen molar-refractivity contribution in [2.24, 2.45) is 0 Å². The topological polar surface area (TPSA) is 161 Å². The summed E-state index contributed by atoms with van der Waals surface area (Å²) in [6, 6.07) is 9.22. The van der Waals surface area contributed by atoms with Crippen molar-refractivity contribution in [2.45, 2.75) is 38.2 Å². The monoisotopic (exact) mass is 583 g/mol. The van der Waals surface area contributed by atoms with E-state index < -0.39 is 18.0 Å². The van der Waals surface area contributed by atoms with Crippen LogP contribution in [0, 0.1) is 11.8 Å². The Balaban J connectivity index is 1.48. The molecule has 5 N–H and O–H groups in total. The maximum Gasteiger partial charge on any atom is 0.336 e. The van der Waals surface area contributed by atoms with Gasteiger partial charge in [0.2, 0.25) is 5.95 Å². The Hall–Kier alpha value is -5.08. The molecule has 1 fully saturated rings. The first-order valence-electron chi connectivity index (χ1n) is 13.9. The number of ketones is 1. The molecule has 0 bridgehead atoms. The fraction of sp³-hybridized carbons (Fsp3) is 0.312. The molecule has 0 saturated carbocycles. The lowest BCUT2D eigenvalue weighted by atomic mass is 9.82. The van der Waals surface area contributed by atoms with E-state index in [1.807, 2.05) is 30.3 Å². The van der Waals surface area contributed by atoms with Crippen LogP contribution in [0.25, 0.3) is 0 Å². The standard InChI is InChI=1S/C32H33N5O6/c1-4-42-31(39)23-17-35-24-14-18(8-10-22(24)27(23)28(38)25-6-5-11-43-25)7-9-20-12-19(15-26(40-2)29(20)41-3)13-21-16-36-32(34)37-30(21)33/h8,10,12,14-17,25,27,35H,4-6,11,13H2,1-3H3,(H4,33,34,36,37). The number of rotatable bonds is 8. The Morgan fingerprint density at radius 2 is 1.98 bits per heavy atom. The summed E-state index contributed by atoms with van der Waals surface area (Å²) in [6.45, 7) is 2.46. The molecule has 2 atom stereocenters. The summed E-state index contributed by atoms with van der Waals surface area (Å²) in [5.74, 6) is 6.30. The van der Waals surface area contributed by atoms with E-state index >= 15 is 0 Å². The van der Waals surface area contributed by atoms with Crippen LogP contribution in [0.4, 0.5) is 17.5 Å². The van der Waals surface area contributed by atoms with E-state index in [0.29, 0.717) is 64.7 Å². The minimum Gasteiger partial charge on any atom is -0.493 e. The van der Waals surface area contributed by atoms with Gasteiger partial charge in [-0.1, -0.05) is 17.9 Å². The molecule has 11 heteroatoms. The Labute approximate surface area is 249 Å². The Bertz CT molecular complexity index is 1650. The average molecular weight is 584 g/mol. The fourth-order valence-electron chi connectivity index (χ4n) is 5.25. The molecular formula is C32H33N5O6. The van der Waals surface area contributed by atoms with E-state index in [0.717, 1.165) is 12.0 Å². The minimum absolute atomic E-state index is 0.106. The molecule has 5 rings (SSSR count). The lowest BCUT2D eigenvalue weighted by molar-refractivity contribution is -0.140. The second-order valence-corrected chi connectivity index (χ2v) is 10.0. The highest BCUT2D eigenvalue weighted by molar-refractivity contribution is 6.05. The van der Waals surface area contributed by atoms with Crippen molar-refractivity contribution in [2.75, 3.05) is 44.2 Å². The Kier molecular flexibility index (Phi) is 8.78. The molecule has 2 aliphatic heterocycles. The number of nitrogen functional groups attached to an aromatic ring is 2. The van der Waals surface area contributed by atoms with Gasteiger partial charge in [0, 0.05) is 42.2 Å². The predicted molar refractivity (Wildman–Crippen MR) is 161 cm³/mol. The summed E-state index contributed by atoms with van der Waals surface area (Å²) in [5, 5.41) is 3.15. The van der Waals surface area contributed by atoms with Gasteiger partial charge in [-0.25, -0.2) is 9.78 Å². The van der Waals surface area contributed by atoms with Crippen LogP contribution in [0.3, 0.4) is 0 Å². The number of carbonyl (C=O) groups is 2. The van der Waals surface area contributed by atoms with Gasteiger partial charge in [-0.05, 0) is 55.2 Å². The molecule has 2 aliphatic rings. The number of hydrogen-bond acceptors (Lipinski definition) is 11. The maximum atomic E-state index is 13.5. The lowest BCUT2D eigenvalue weighted by Crippen LogP contribution is -2.32. The van der Waals surface area contributed by atoms with Crippen molar-refractivity contribution in [1.29, 1.82) is 0 Å². The summed E-state index contributed by atoms with van der Waals surface area (Å²) in [4.78, 5) is 34.4. The molecule has 0 radical (unpaired) electrons. The third-order valence-electron chi connectivity index (χ3n) is 7.29. The van der Waals surface area contributed by atoms with E-state index in [-0.39, 0.29) is 23.9 Å². The van der Waals surface area contributed by atoms with Gasteiger partial charge in [-0.15, -0.1) is 0 Å². The number of ether oxygens (including phenoxy) is 4. The van der Waals surface area contributed by atoms with Gasteiger partial charge < -0.3 is 35.7 Å². The molecule has 1 saturated heterocycles. The molecule has 2 aromatic carbocycles. The molecule has 43 heavy (non-hydrogen) atoms. The summed E-state index contributed by atoms with van der Waals surface area (Å²) < 4.78 is 22.1. The van der Waals surface area contributed by atoms with Crippen LogP contribution in [0.1, 0.15) is 53.5 Å². The number of methoxy groups -OCH3 is 2. The summed E-state index contributed by atoms with van der Waals surface area (Å²) in [6.07, 6.45) is 4.44. The normalized spacial score (nSPS) is 17.0. The summed E-state index contributed by atoms with van der Waals surface area (Å²) in [5.41, 5.74) is 16.2. The largest absolute Gasteiger partial charge is 0.493 e. The number of aromatic nitrogens is 2. The molecule has 0 aliphatic carbocycles. The number of nitrogens with zero attached hydrogens (tertiary/aromatic N) is 2. The number of nitrogens with two attached hydrogens (primary N) is 2. The van der Waals surface area contributed by atoms with Crippen molar-refractivity contribution < 1.29 is 28.5 Å². The molecule has 0 amide bonds. The lowest BCUT2D eigenvalue weighted by Gasteiger charge is -2.27. The Morgan fingerprint density at radius 1 is 1.14 bits per heavy atom. The summed E-state index contributed by atoms with van der Waals surface area (Å²) >= 11 is 0. The van der Waals surface area contributed by atoms with Gasteiger partial charge >= 0.3 is 5.97 Å². The molecule has 2 unspecified atom stereocenters. The number of carbonyl (C=O) groups excluding carboxylic acids is 2. The van der Waals surface area contributed by atoms with Crippen LogP contribution < -0.4 is 26.3 Å². The van der Waals surface area contributed by atoms with Crippen molar-refractivity contribution in [3.8, 4) is 23.3 Å². The van der Waals surface area contributed by atoms with Crippen LogP contribution >= 0.6 is 0 Å². The second-order valence-electron chi connectivity index (χ2n) is 10.0. The highest BCUT2D eigenvalue weighted by atomic mass is 16.5.